The Morgan fingerprint density at radius 3 is 2.33 bits per heavy atom. The van der Waals surface area contributed by atoms with Crippen LogP contribution in [0.25, 0.3) is 22.2 Å². The van der Waals surface area contributed by atoms with Crippen LogP contribution in [0.2, 0.25) is 0 Å². The van der Waals surface area contributed by atoms with Gasteiger partial charge in [0.05, 0.1) is 11.2 Å². The second-order valence-electron chi connectivity index (χ2n) is 4.75. The van der Waals surface area contributed by atoms with Crippen molar-refractivity contribution in [2.75, 3.05) is 0 Å². The second-order valence-corrected chi connectivity index (χ2v) is 6.29. The van der Waals surface area contributed by atoms with E-state index < -0.39 is 21.4 Å². The Hall–Kier alpha value is -2.68. The fraction of sp³-hybridized carbons (Fsp3) is 0.0667. The molecular weight excluding hydrogens is 345 g/mol. The first-order chi connectivity index (χ1) is 11.3. The molecule has 0 bridgehead atoms. The van der Waals surface area contributed by atoms with Gasteiger partial charge in [0.25, 0.3) is 0 Å². The molecule has 0 spiro atoms. The summed E-state index contributed by atoms with van der Waals surface area (Å²) in [6, 6.07) is 12.5. The van der Waals surface area contributed by atoms with Gasteiger partial charge in [-0.15, -0.1) is 0 Å². The molecule has 0 atom stereocenters. The van der Waals surface area contributed by atoms with Gasteiger partial charge in [-0.3, -0.25) is 0 Å². The van der Waals surface area contributed by atoms with Gasteiger partial charge in [-0.2, -0.15) is 21.6 Å². The molecule has 0 radical (unpaired) electrons. The lowest BCUT2D eigenvalue weighted by Crippen LogP contribution is -2.28. The summed E-state index contributed by atoms with van der Waals surface area (Å²) in [5.41, 5.74) is -3.89. The van der Waals surface area contributed by atoms with Gasteiger partial charge in [0.15, 0.2) is 0 Å². The van der Waals surface area contributed by atoms with Crippen LogP contribution in [0, 0.1) is 0 Å². The van der Waals surface area contributed by atoms with Gasteiger partial charge in [0, 0.05) is 10.9 Å². The van der Waals surface area contributed by atoms with E-state index in [0.29, 0.717) is 22.2 Å². The molecule has 0 aliphatic rings. The van der Waals surface area contributed by atoms with Crippen LogP contribution in [-0.2, 0) is 10.1 Å². The number of hydrogen-bond acceptors (Lipinski definition) is 5. The zero-order valence-electron chi connectivity index (χ0n) is 11.9. The van der Waals surface area contributed by atoms with Crippen LogP contribution in [0.5, 0.6) is 5.75 Å². The monoisotopic (exact) mass is 354 g/mol. The molecule has 1 heterocycles. The molecular formula is C15H9F3N2O3S. The Labute approximate surface area is 134 Å². The standard InChI is InChI=1S/C15H9F3N2O3S/c16-15(17,18)24(21,22)23-11-6-7-13-12(8-11)14(20-9-19-13)10-4-2-1-3-5-10/h1-9H. The highest BCUT2D eigenvalue weighted by Gasteiger charge is 2.48. The van der Waals surface area contributed by atoms with Crippen LogP contribution in [0.1, 0.15) is 0 Å². The van der Waals surface area contributed by atoms with Gasteiger partial charge in [0.1, 0.15) is 12.1 Å². The zero-order valence-corrected chi connectivity index (χ0v) is 12.7. The SMILES string of the molecule is O=S(=O)(Oc1ccc2ncnc(-c3ccccc3)c2c1)C(F)(F)F. The van der Waals surface area contributed by atoms with E-state index in [9.17, 15) is 21.6 Å². The van der Waals surface area contributed by atoms with Crippen molar-refractivity contribution in [2.24, 2.45) is 0 Å². The molecule has 0 amide bonds. The third-order valence-electron chi connectivity index (χ3n) is 3.14. The van der Waals surface area contributed by atoms with E-state index in [2.05, 4.69) is 14.2 Å². The Morgan fingerprint density at radius 2 is 1.67 bits per heavy atom. The number of benzene rings is 2. The summed E-state index contributed by atoms with van der Waals surface area (Å²) < 4.78 is 63.7. The Morgan fingerprint density at radius 1 is 0.958 bits per heavy atom. The third-order valence-corrected chi connectivity index (χ3v) is 4.12. The molecule has 24 heavy (non-hydrogen) atoms. The van der Waals surface area contributed by atoms with Crippen molar-refractivity contribution in [2.45, 2.75) is 5.51 Å². The van der Waals surface area contributed by atoms with Crippen molar-refractivity contribution in [1.29, 1.82) is 0 Å². The summed E-state index contributed by atoms with van der Waals surface area (Å²) in [7, 11) is -5.74. The van der Waals surface area contributed by atoms with Crippen molar-refractivity contribution in [1.82, 2.24) is 9.97 Å². The van der Waals surface area contributed by atoms with Gasteiger partial charge in [-0.25, -0.2) is 9.97 Å². The van der Waals surface area contributed by atoms with Crippen LogP contribution in [0.15, 0.2) is 54.9 Å². The maximum absolute atomic E-state index is 12.4. The molecule has 0 saturated carbocycles. The van der Waals surface area contributed by atoms with Crippen molar-refractivity contribution in [3.63, 3.8) is 0 Å². The molecule has 9 heteroatoms. The Bertz CT molecular complexity index is 990. The lowest BCUT2D eigenvalue weighted by molar-refractivity contribution is -0.0500. The lowest BCUT2D eigenvalue weighted by Gasteiger charge is -2.11. The highest BCUT2D eigenvalue weighted by atomic mass is 32.2. The molecule has 124 valence electrons. The minimum Gasteiger partial charge on any atom is -0.376 e. The Balaban J connectivity index is 2.11. The van der Waals surface area contributed by atoms with E-state index in [-0.39, 0.29) is 0 Å². The molecule has 0 unspecified atom stereocenters. The highest BCUT2D eigenvalue weighted by molar-refractivity contribution is 7.88. The van der Waals surface area contributed by atoms with E-state index in [0.717, 1.165) is 6.07 Å². The van der Waals surface area contributed by atoms with Gasteiger partial charge in [-0.05, 0) is 18.2 Å². The van der Waals surface area contributed by atoms with Gasteiger partial charge < -0.3 is 4.18 Å². The average Bonchev–Trinajstić information content (AvgIpc) is 2.53. The minimum absolute atomic E-state index is 0.374. The summed E-state index contributed by atoms with van der Waals surface area (Å²) in [6.45, 7) is 0. The van der Waals surface area contributed by atoms with Crippen molar-refractivity contribution in [3.05, 3.63) is 54.9 Å². The average molecular weight is 354 g/mol. The molecule has 0 aliphatic carbocycles. The number of halogens is 3. The van der Waals surface area contributed by atoms with E-state index in [1.807, 2.05) is 0 Å². The summed E-state index contributed by atoms with van der Waals surface area (Å²) in [5, 5.41) is 0.374. The normalized spacial score (nSPS) is 12.3. The number of fused-ring (bicyclic) bond motifs is 1. The van der Waals surface area contributed by atoms with E-state index in [1.165, 1.54) is 18.5 Å². The number of hydrogen-bond donors (Lipinski definition) is 0. The summed E-state index contributed by atoms with van der Waals surface area (Å²) in [4.78, 5) is 8.14. The minimum atomic E-state index is -5.74. The Kier molecular flexibility index (Phi) is 3.88. The largest absolute Gasteiger partial charge is 0.534 e. The van der Waals surface area contributed by atoms with E-state index >= 15 is 0 Å². The van der Waals surface area contributed by atoms with E-state index in [4.69, 9.17) is 0 Å². The molecule has 0 N–H and O–H groups in total. The van der Waals surface area contributed by atoms with Gasteiger partial charge >= 0.3 is 15.6 Å². The third kappa shape index (κ3) is 3.02. The van der Waals surface area contributed by atoms with Crippen LogP contribution < -0.4 is 4.18 Å². The first-order valence-electron chi connectivity index (χ1n) is 6.59. The zero-order chi connectivity index (χ0) is 17.4. The number of rotatable bonds is 3. The summed E-state index contributed by atoms with van der Waals surface area (Å²) in [6.07, 6.45) is 1.32. The molecule has 3 aromatic rings. The summed E-state index contributed by atoms with van der Waals surface area (Å²) in [5.74, 6) is -0.466. The predicted molar refractivity (Wildman–Crippen MR) is 80.6 cm³/mol. The van der Waals surface area contributed by atoms with Crippen molar-refractivity contribution < 1.29 is 25.8 Å². The van der Waals surface area contributed by atoms with Crippen LogP contribution in [-0.4, -0.2) is 23.9 Å². The molecule has 5 nitrogen and oxygen atoms in total. The van der Waals surface area contributed by atoms with Crippen LogP contribution >= 0.6 is 0 Å². The number of alkyl halides is 3. The fourth-order valence-corrected chi connectivity index (χ4v) is 2.54. The smallest absolute Gasteiger partial charge is 0.376 e. The predicted octanol–water partition coefficient (Wildman–Crippen LogP) is 3.53. The van der Waals surface area contributed by atoms with Crippen LogP contribution in [0.4, 0.5) is 13.2 Å². The molecule has 0 fully saturated rings. The fourth-order valence-electron chi connectivity index (χ4n) is 2.09. The molecule has 3 rings (SSSR count). The molecule has 1 aromatic heterocycles. The van der Waals surface area contributed by atoms with Crippen LogP contribution in [0.3, 0.4) is 0 Å². The second kappa shape index (κ2) is 5.75. The molecule has 2 aromatic carbocycles. The quantitative estimate of drug-likeness (QED) is 0.532. The van der Waals surface area contributed by atoms with E-state index in [1.54, 1.807) is 30.3 Å². The van der Waals surface area contributed by atoms with Gasteiger partial charge in [0.2, 0.25) is 0 Å². The number of aromatic nitrogens is 2. The first kappa shape index (κ1) is 16.2. The number of nitrogens with zero attached hydrogens (tertiary/aromatic N) is 2. The maximum Gasteiger partial charge on any atom is 0.534 e. The maximum atomic E-state index is 12.4. The highest BCUT2D eigenvalue weighted by Crippen LogP contribution is 2.31. The topological polar surface area (TPSA) is 69.2 Å². The van der Waals surface area contributed by atoms with Gasteiger partial charge in [-0.1, -0.05) is 30.3 Å². The molecule has 0 saturated heterocycles. The molecule has 0 aliphatic heterocycles. The van der Waals surface area contributed by atoms with Crippen molar-refractivity contribution >= 4 is 21.0 Å². The van der Waals surface area contributed by atoms with Crippen molar-refractivity contribution in [3.8, 4) is 17.0 Å². The lowest BCUT2D eigenvalue weighted by atomic mass is 10.1. The summed E-state index contributed by atoms with van der Waals surface area (Å²) >= 11 is 0. The first-order valence-corrected chi connectivity index (χ1v) is 8.00.